The van der Waals surface area contributed by atoms with Crippen molar-refractivity contribution in [1.82, 2.24) is 9.55 Å². The normalized spacial score (nSPS) is 10.7. The molecule has 7 nitrogen and oxygen atoms in total. The van der Waals surface area contributed by atoms with Crippen molar-refractivity contribution in [3.8, 4) is 0 Å². The molecule has 0 bridgehead atoms. The lowest BCUT2D eigenvalue weighted by Gasteiger charge is -2.11. The average molecular weight is 403 g/mol. The van der Waals surface area contributed by atoms with E-state index in [4.69, 9.17) is 4.74 Å². The lowest BCUT2D eigenvalue weighted by atomic mass is 10.2. The number of hydrogen-bond donors (Lipinski definition) is 1. The number of ether oxygens (including phenoxy) is 1. The van der Waals surface area contributed by atoms with Crippen LogP contribution in [0.2, 0.25) is 0 Å². The van der Waals surface area contributed by atoms with Crippen molar-refractivity contribution >= 4 is 50.9 Å². The van der Waals surface area contributed by atoms with Crippen molar-refractivity contribution in [2.24, 2.45) is 0 Å². The first-order valence-electron chi connectivity index (χ1n) is 8.12. The summed E-state index contributed by atoms with van der Waals surface area (Å²) in [6.07, 6.45) is 1.81. The molecule has 3 aromatic rings. The number of rotatable bonds is 6. The highest BCUT2D eigenvalue weighted by atomic mass is 32.2. The van der Waals surface area contributed by atoms with Crippen LogP contribution in [-0.4, -0.2) is 34.3 Å². The predicted molar refractivity (Wildman–Crippen MR) is 107 cm³/mol. The number of amides is 1. The Morgan fingerprint density at radius 2 is 2.00 bits per heavy atom. The van der Waals surface area contributed by atoms with Crippen LogP contribution < -0.4 is 10.9 Å². The van der Waals surface area contributed by atoms with Gasteiger partial charge in [0.25, 0.3) is 5.56 Å². The molecule has 1 aromatic carbocycles. The summed E-state index contributed by atoms with van der Waals surface area (Å²) in [5.74, 6) is -0.768. The third kappa shape index (κ3) is 4.20. The minimum absolute atomic E-state index is 0.143. The Kier molecular flexibility index (Phi) is 5.92. The molecular formula is C18H17N3O4S2. The summed E-state index contributed by atoms with van der Waals surface area (Å²) in [4.78, 5) is 41.1. The zero-order valence-corrected chi connectivity index (χ0v) is 16.4. The van der Waals surface area contributed by atoms with Gasteiger partial charge in [-0.25, -0.2) is 9.78 Å². The number of anilines is 1. The Balaban J connectivity index is 1.76. The summed E-state index contributed by atoms with van der Waals surface area (Å²) < 4.78 is 6.82. The third-order valence-corrected chi connectivity index (χ3v) is 5.26. The number of aromatic nitrogens is 2. The molecule has 0 aliphatic rings. The largest absolute Gasteiger partial charge is 0.462 e. The van der Waals surface area contributed by atoms with Crippen molar-refractivity contribution < 1.29 is 14.3 Å². The van der Waals surface area contributed by atoms with Crippen LogP contribution in [0.5, 0.6) is 0 Å². The molecule has 27 heavy (non-hydrogen) atoms. The first-order chi connectivity index (χ1) is 13.0. The maximum Gasteiger partial charge on any atom is 0.338 e. The van der Waals surface area contributed by atoms with Crippen LogP contribution in [0.3, 0.4) is 0 Å². The first kappa shape index (κ1) is 19.1. The van der Waals surface area contributed by atoms with Gasteiger partial charge in [-0.05, 0) is 48.9 Å². The Morgan fingerprint density at radius 3 is 2.67 bits per heavy atom. The van der Waals surface area contributed by atoms with E-state index in [9.17, 15) is 14.4 Å². The Bertz CT molecular complexity index is 1040. The van der Waals surface area contributed by atoms with Crippen LogP contribution in [0, 0.1) is 0 Å². The zero-order chi connectivity index (χ0) is 19.4. The van der Waals surface area contributed by atoms with Gasteiger partial charge in [0.05, 0.1) is 17.7 Å². The van der Waals surface area contributed by atoms with Gasteiger partial charge in [0.15, 0.2) is 5.16 Å². The highest BCUT2D eigenvalue weighted by molar-refractivity contribution is 7.98. The molecule has 0 spiro atoms. The Morgan fingerprint density at radius 1 is 1.26 bits per heavy atom. The van der Waals surface area contributed by atoms with Gasteiger partial charge in [0.1, 0.15) is 11.2 Å². The molecule has 2 aromatic heterocycles. The van der Waals surface area contributed by atoms with Gasteiger partial charge in [0, 0.05) is 5.69 Å². The van der Waals surface area contributed by atoms with Crippen LogP contribution >= 0.6 is 23.1 Å². The summed E-state index contributed by atoms with van der Waals surface area (Å²) >= 11 is 2.62. The topological polar surface area (TPSA) is 90.3 Å². The van der Waals surface area contributed by atoms with E-state index in [2.05, 4.69) is 10.3 Å². The standard InChI is InChI=1S/C18H17N3O4S2/c1-3-25-17(24)11-4-6-12(7-5-11)19-14(22)10-21-16(23)15-13(8-9-27-15)20-18(21)26-2/h4-9H,3,10H2,1-2H3,(H,19,22). The van der Waals surface area contributed by atoms with E-state index in [0.717, 1.165) is 0 Å². The van der Waals surface area contributed by atoms with Gasteiger partial charge in [-0.3, -0.25) is 14.2 Å². The van der Waals surface area contributed by atoms with E-state index in [1.54, 1.807) is 42.6 Å². The SMILES string of the molecule is CCOC(=O)c1ccc(NC(=O)Cn2c(SC)nc3ccsc3c2=O)cc1. The van der Waals surface area contributed by atoms with Crippen molar-refractivity contribution in [2.75, 3.05) is 18.2 Å². The fourth-order valence-electron chi connectivity index (χ4n) is 2.47. The number of thiophene rings is 1. The van der Waals surface area contributed by atoms with Gasteiger partial charge in [0.2, 0.25) is 5.91 Å². The number of benzene rings is 1. The molecule has 1 amide bonds. The fraction of sp³-hybridized carbons (Fsp3) is 0.222. The molecule has 0 aliphatic carbocycles. The number of fused-ring (bicyclic) bond motifs is 1. The second kappa shape index (κ2) is 8.36. The van der Waals surface area contributed by atoms with E-state index in [-0.39, 0.29) is 18.0 Å². The number of thioether (sulfide) groups is 1. The number of hydrogen-bond acceptors (Lipinski definition) is 7. The average Bonchev–Trinajstić information content (AvgIpc) is 3.13. The van der Waals surface area contributed by atoms with Crippen LogP contribution in [-0.2, 0) is 16.1 Å². The van der Waals surface area contributed by atoms with Gasteiger partial charge < -0.3 is 10.1 Å². The summed E-state index contributed by atoms with van der Waals surface area (Å²) in [6.45, 7) is 1.89. The summed E-state index contributed by atoms with van der Waals surface area (Å²) in [5, 5.41) is 5.01. The van der Waals surface area contributed by atoms with Crippen molar-refractivity contribution in [3.63, 3.8) is 0 Å². The molecule has 0 radical (unpaired) electrons. The minimum atomic E-state index is -0.415. The molecule has 2 heterocycles. The molecule has 140 valence electrons. The maximum atomic E-state index is 12.6. The number of esters is 1. The monoisotopic (exact) mass is 403 g/mol. The quantitative estimate of drug-likeness (QED) is 0.387. The molecule has 0 aliphatic heterocycles. The van der Waals surface area contributed by atoms with Crippen LogP contribution in [0.25, 0.3) is 10.2 Å². The second-order valence-electron chi connectivity index (χ2n) is 5.47. The second-order valence-corrected chi connectivity index (χ2v) is 7.16. The highest BCUT2D eigenvalue weighted by Gasteiger charge is 2.15. The predicted octanol–water partition coefficient (Wildman–Crippen LogP) is 3.00. The third-order valence-electron chi connectivity index (χ3n) is 3.69. The molecule has 3 rings (SSSR count). The van der Waals surface area contributed by atoms with Gasteiger partial charge in [-0.15, -0.1) is 11.3 Å². The highest BCUT2D eigenvalue weighted by Crippen LogP contribution is 2.19. The molecule has 0 fully saturated rings. The number of nitrogens with zero attached hydrogens (tertiary/aromatic N) is 2. The number of carbonyl (C=O) groups is 2. The lowest BCUT2D eigenvalue weighted by Crippen LogP contribution is -2.29. The smallest absolute Gasteiger partial charge is 0.338 e. The first-order valence-corrected chi connectivity index (χ1v) is 10.2. The molecule has 0 saturated heterocycles. The summed E-state index contributed by atoms with van der Waals surface area (Å²) in [7, 11) is 0. The number of nitrogens with one attached hydrogen (secondary N) is 1. The summed E-state index contributed by atoms with van der Waals surface area (Å²) in [5.41, 5.74) is 1.34. The van der Waals surface area contributed by atoms with E-state index >= 15 is 0 Å². The van der Waals surface area contributed by atoms with Crippen LogP contribution in [0.1, 0.15) is 17.3 Å². The molecule has 1 N–H and O–H groups in total. The molecule has 0 atom stereocenters. The Hall–Kier alpha value is -2.65. The van der Waals surface area contributed by atoms with Crippen molar-refractivity contribution in [1.29, 1.82) is 0 Å². The van der Waals surface area contributed by atoms with E-state index < -0.39 is 5.97 Å². The van der Waals surface area contributed by atoms with Gasteiger partial charge in [-0.2, -0.15) is 0 Å². The van der Waals surface area contributed by atoms with E-state index in [0.29, 0.717) is 33.2 Å². The van der Waals surface area contributed by atoms with Crippen molar-refractivity contribution in [3.05, 3.63) is 51.6 Å². The van der Waals surface area contributed by atoms with Crippen LogP contribution in [0.4, 0.5) is 5.69 Å². The van der Waals surface area contributed by atoms with Gasteiger partial charge in [-0.1, -0.05) is 11.8 Å². The molecule has 0 unspecified atom stereocenters. The van der Waals surface area contributed by atoms with Crippen molar-refractivity contribution in [2.45, 2.75) is 18.6 Å². The molecule has 0 saturated carbocycles. The maximum absolute atomic E-state index is 12.6. The lowest BCUT2D eigenvalue weighted by molar-refractivity contribution is -0.116. The zero-order valence-electron chi connectivity index (χ0n) is 14.7. The molecule has 9 heteroatoms. The molecular weight excluding hydrogens is 386 g/mol. The van der Waals surface area contributed by atoms with Gasteiger partial charge >= 0.3 is 5.97 Å². The van der Waals surface area contributed by atoms with E-state index in [1.165, 1.54) is 27.7 Å². The van der Waals surface area contributed by atoms with E-state index in [1.807, 2.05) is 6.26 Å². The summed E-state index contributed by atoms with van der Waals surface area (Å²) in [6, 6.07) is 8.17. The minimum Gasteiger partial charge on any atom is -0.462 e. The number of carbonyl (C=O) groups excluding carboxylic acids is 2. The van der Waals surface area contributed by atoms with Crippen LogP contribution in [0.15, 0.2) is 45.7 Å². The fourth-order valence-corrected chi connectivity index (χ4v) is 3.80. The Labute approximate surface area is 163 Å².